The van der Waals surface area contributed by atoms with Crippen molar-refractivity contribution in [1.29, 1.82) is 0 Å². The summed E-state index contributed by atoms with van der Waals surface area (Å²) in [6.07, 6.45) is 0.512. The van der Waals surface area contributed by atoms with Gasteiger partial charge >= 0.3 is 0 Å². The molecule has 8 nitrogen and oxygen atoms in total. The summed E-state index contributed by atoms with van der Waals surface area (Å²) in [5, 5.41) is 3.37. The van der Waals surface area contributed by atoms with E-state index in [4.69, 9.17) is 4.74 Å². The monoisotopic (exact) mass is 450 g/mol. The third-order valence-electron chi connectivity index (χ3n) is 5.26. The molecule has 1 amide bonds. The standard InChI is InChI=1S/C20H26N4O4S2/c1-13-10-24(11-14(2)28-13)30(26,27)16-6-4-5-15(9-16)19(25)22-20-21-17-7-8-23(3)12-18(17)29-20/h4-6,9,13-14H,7-8,10-12H2,1-3H3,(H,21,22,25)/t13-,14-/m1/s1. The number of carbonyl (C=O) groups excluding carboxylic acids is 1. The first-order valence-corrected chi connectivity index (χ1v) is 12.2. The molecule has 4 rings (SSSR count). The number of sulfonamides is 1. The Labute approximate surface area is 180 Å². The normalized spacial score (nSPS) is 23.2. The van der Waals surface area contributed by atoms with E-state index in [1.54, 1.807) is 12.1 Å². The van der Waals surface area contributed by atoms with E-state index in [9.17, 15) is 13.2 Å². The first kappa shape index (κ1) is 21.4. The summed E-state index contributed by atoms with van der Waals surface area (Å²) in [6.45, 7) is 6.07. The lowest BCUT2D eigenvalue weighted by molar-refractivity contribution is -0.0440. The first-order valence-electron chi connectivity index (χ1n) is 9.96. The number of carbonyl (C=O) groups is 1. The van der Waals surface area contributed by atoms with E-state index in [1.165, 1.54) is 27.8 Å². The van der Waals surface area contributed by atoms with Crippen molar-refractivity contribution in [2.45, 2.75) is 43.9 Å². The molecule has 1 saturated heterocycles. The summed E-state index contributed by atoms with van der Waals surface area (Å²) in [5.41, 5.74) is 1.32. The number of hydrogen-bond acceptors (Lipinski definition) is 7. The number of likely N-dealkylation sites (N-methyl/N-ethyl adjacent to an activating group) is 1. The van der Waals surface area contributed by atoms with Crippen LogP contribution in [0.1, 0.15) is 34.8 Å². The number of hydrogen-bond donors (Lipinski definition) is 1. The fourth-order valence-corrected chi connectivity index (χ4v) is 6.54. The van der Waals surface area contributed by atoms with Crippen LogP contribution >= 0.6 is 11.3 Å². The number of ether oxygens (including phenoxy) is 1. The SMILES string of the molecule is C[C@@H]1CN(S(=O)(=O)c2cccc(C(=O)Nc3nc4c(s3)CN(C)CC4)c2)C[C@@H](C)O1. The molecule has 2 aromatic rings. The summed E-state index contributed by atoms with van der Waals surface area (Å²) in [5.74, 6) is -0.366. The predicted octanol–water partition coefficient (Wildman–Crippen LogP) is 2.18. The highest BCUT2D eigenvalue weighted by molar-refractivity contribution is 7.89. The second-order valence-electron chi connectivity index (χ2n) is 7.94. The molecule has 3 heterocycles. The Balaban J connectivity index is 1.52. The van der Waals surface area contributed by atoms with Crippen LogP contribution in [-0.4, -0.2) is 67.4 Å². The van der Waals surface area contributed by atoms with Gasteiger partial charge in [-0.2, -0.15) is 4.31 Å². The molecule has 162 valence electrons. The van der Waals surface area contributed by atoms with E-state index in [2.05, 4.69) is 22.2 Å². The number of anilines is 1. The van der Waals surface area contributed by atoms with E-state index < -0.39 is 10.0 Å². The van der Waals surface area contributed by atoms with Gasteiger partial charge in [-0.25, -0.2) is 13.4 Å². The molecule has 0 bridgehead atoms. The lowest BCUT2D eigenvalue weighted by atomic mass is 10.2. The molecule has 1 fully saturated rings. The van der Waals surface area contributed by atoms with Crippen LogP contribution in [0.3, 0.4) is 0 Å². The van der Waals surface area contributed by atoms with E-state index in [1.807, 2.05) is 13.8 Å². The van der Waals surface area contributed by atoms with Crippen molar-refractivity contribution in [3.8, 4) is 0 Å². The van der Waals surface area contributed by atoms with E-state index >= 15 is 0 Å². The zero-order chi connectivity index (χ0) is 21.5. The van der Waals surface area contributed by atoms with Gasteiger partial charge in [0.25, 0.3) is 5.91 Å². The van der Waals surface area contributed by atoms with Gasteiger partial charge in [-0.15, -0.1) is 11.3 Å². The number of thiazole rings is 1. The van der Waals surface area contributed by atoms with Crippen molar-refractivity contribution in [2.75, 3.05) is 32.0 Å². The first-order chi connectivity index (χ1) is 14.2. The Hall–Kier alpha value is -1.85. The smallest absolute Gasteiger partial charge is 0.257 e. The average Bonchev–Trinajstić information content (AvgIpc) is 3.08. The van der Waals surface area contributed by atoms with Crippen molar-refractivity contribution in [3.63, 3.8) is 0 Å². The zero-order valence-electron chi connectivity index (χ0n) is 17.3. The maximum absolute atomic E-state index is 13.1. The molecule has 2 aliphatic heterocycles. The molecular formula is C20H26N4O4S2. The topological polar surface area (TPSA) is 91.8 Å². The van der Waals surface area contributed by atoms with Crippen LogP contribution in [0.5, 0.6) is 0 Å². The summed E-state index contributed by atoms with van der Waals surface area (Å²) in [6, 6.07) is 6.16. The molecule has 1 aromatic heterocycles. The fraction of sp³-hybridized carbons (Fsp3) is 0.500. The van der Waals surface area contributed by atoms with Crippen molar-refractivity contribution < 1.29 is 17.9 Å². The highest BCUT2D eigenvalue weighted by atomic mass is 32.2. The molecule has 10 heteroatoms. The fourth-order valence-electron chi connectivity index (χ4n) is 3.82. The number of aromatic nitrogens is 1. The molecular weight excluding hydrogens is 424 g/mol. The predicted molar refractivity (Wildman–Crippen MR) is 115 cm³/mol. The maximum Gasteiger partial charge on any atom is 0.257 e. The Kier molecular flexibility index (Phi) is 5.95. The van der Waals surface area contributed by atoms with E-state index in [0.29, 0.717) is 18.2 Å². The van der Waals surface area contributed by atoms with Gasteiger partial charge in [0.2, 0.25) is 10.0 Å². The molecule has 0 spiro atoms. The Morgan fingerprint density at radius 3 is 2.73 bits per heavy atom. The lowest BCUT2D eigenvalue weighted by Crippen LogP contribution is -2.48. The summed E-state index contributed by atoms with van der Waals surface area (Å²) in [4.78, 5) is 20.8. The van der Waals surface area contributed by atoms with Crippen molar-refractivity contribution in [1.82, 2.24) is 14.2 Å². The number of nitrogens with one attached hydrogen (secondary N) is 1. The third-order valence-corrected chi connectivity index (χ3v) is 8.09. The van der Waals surface area contributed by atoms with Crippen LogP contribution in [0, 0.1) is 0 Å². The minimum Gasteiger partial charge on any atom is -0.373 e. The van der Waals surface area contributed by atoms with Crippen molar-refractivity contribution >= 4 is 32.4 Å². The van der Waals surface area contributed by atoms with Gasteiger partial charge in [0.15, 0.2) is 5.13 Å². The molecule has 2 atom stereocenters. The molecule has 0 radical (unpaired) electrons. The number of fused-ring (bicyclic) bond motifs is 1. The number of morpholine rings is 1. The zero-order valence-corrected chi connectivity index (χ0v) is 18.9. The average molecular weight is 451 g/mol. The second-order valence-corrected chi connectivity index (χ2v) is 11.0. The molecule has 1 aromatic carbocycles. The molecule has 30 heavy (non-hydrogen) atoms. The second kappa shape index (κ2) is 8.35. The summed E-state index contributed by atoms with van der Waals surface area (Å²) >= 11 is 1.47. The number of rotatable bonds is 4. The summed E-state index contributed by atoms with van der Waals surface area (Å²) in [7, 11) is -1.65. The molecule has 0 unspecified atom stereocenters. The third kappa shape index (κ3) is 4.42. The van der Waals surface area contributed by atoms with Gasteiger partial charge in [0.05, 0.1) is 22.8 Å². The van der Waals surface area contributed by atoms with Crippen LogP contribution in [0.15, 0.2) is 29.2 Å². The number of nitrogens with zero attached hydrogens (tertiary/aromatic N) is 3. The molecule has 1 N–H and O–H groups in total. The van der Waals surface area contributed by atoms with E-state index in [0.717, 1.165) is 30.1 Å². The Morgan fingerprint density at radius 1 is 1.27 bits per heavy atom. The molecule has 0 aliphatic carbocycles. The largest absolute Gasteiger partial charge is 0.373 e. The van der Waals surface area contributed by atoms with Crippen molar-refractivity contribution in [2.24, 2.45) is 0 Å². The van der Waals surface area contributed by atoms with Gasteiger partial charge in [-0.05, 0) is 39.1 Å². The van der Waals surface area contributed by atoms with E-state index in [-0.39, 0.29) is 28.6 Å². The quantitative estimate of drug-likeness (QED) is 0.768. The van der Waals surface area contributed by atoms with Gasteiger partial charge in [-0.3, -0.25) is 10.1 Å². The molecule has 2 aliphatic rings. The van der Waals surface area contributed by atoms with Crippen LogP contribution in [0.25, 0.3) is 0 Å². The Morgan fingerprint density at radius 2 is 2.00 bits per heavy atom. The minimum absolute atomic E-state index is 0.108. The number of benzene rings is 1. The minimum atomic E-state index is -3.71. The van der Waals surface area contributed by atoms with Crippen LogP contribution < -0.4 is 5.32 Å². The highest BCUT2D eigenvalue weighted by Gasteiger charge is 2.32. The molecule has 0 saturated carbocycles. The van der Waals surface area contributed by atoms with Crippen molar-refractivity contribution in [3.05, 3.63) is 40.4 Å². The van der Waals surface area contributed by atoms with Gasteiger partial charge in [-0.1, -0.05) is 6.07 Å². The maximum atomic E-state index is 13.1. The van der Waals surface area contributed by atoms with Gasteiger partial charge in [0.1, 0.15) is 0 Å². The van der Waals surface area contributed by atoms with Gasteiger partial charge in [0, 0.05) is 43.0 Å². The van der Waals surface area contributed by atoms with Gasteiger partial charge < -0.3 is 9.64 Å². The number of amides is 1. The van der Waals surface area contributed by atoms with Crippen LogP contribution in [-0.2, 0) is 27.7 Å². The lowest BCUT2D eigenvalue weighted by Gasteiger charge is -2.34. The summed E-state index contributed by atoms with van der Waals surface area (Å²) < 4.78 is 33.3. The Bertz CT molecular complexity index is 1040. The van der Waals surface area contributed by atoms with Crippen LogP contribution in [0.4, 0.5) is 5.13 Å². The van der Waals surface area contributed by atoms with Crippen LogP contribution in [0.2, 0.25) is 0 Å². The highest BCUT2D eigenvalue weighted by Crippen LogP contribution is 2.28.